The van der Waals surface area contributed by atoms with E-state index in [0.29, 0.717) is 17.2 Å². The third kappa shape index (κ3) is 3.64. The zero-order valence-electron chi connectivity index (χ0n) is 12.1. The van der Waals surface area contributed by atoms with Crippen LogP contribution in [-0.4, -0.2) is 25.0 Å². The molecule has 116 valence electrons. The highest BCUT2D eigenvalue weighted by molar-refractivity contribution is 6.54. The highest BCUT2D eigenvalue weighted by Gasteiger charge is 2.14. The number of alkyl halides is 2. The van der Waals surface area contributed by atoms with Crippen LogP contribution in [0.15, 0.2) is 42.5 Å². The standard InChI is InChI=1S/C16H15Cl2NO3/c1-21-13-8-4-7-12(14(13)22-2)10-5-3-6-11(9-10)19-16(20)15(17)18/h3-9,15H,1-2H3,(H,19,20). The average Bonchev–Trinajstić information content (AvgIpc) is 2.54. The van der Waals surface area contributed by atoms with Gasteiger partial charge in [-0.25, -0.2) is 0 Å². The van der Waals surface area contributed by atoms with Crippen molar-refractivity contribution in [3.63, 3.8) is 0 Å². The molecule has 6 heteroatoms. The van der Waals surface area contributed by atoms with Gasteiger partial charge in [0, 0.05) is 11.3 Å². The Bertz CT molecular complexity index is 674. The largest absolute Gasteiger partial charge is 0.493 e. The molecule has 0 saturated carbocycles. The lowest BCUT2D eigenvalue weighted by molar-refractivity contribution is -0.114. The third-order valence-corrected chi connectivity index (χ3v) is 3.44. The molecule has 0 spiro atoms. The Morgan fingerprint density at radius 1 is 1.09 bits per heavy atom. The summed E-state index contributed by atoms with van der Waals surface area (Å²) in [7, 11) is 3.16. The average molecular weight is 340 g/mol. The molecule has 1 amide bonds. The first kappa shape index (κ1) is 16.5. The highest BCUT2D eigenvalue weighted by atomic mass is 35.5. The lowest BCUT2D eigenvalue weighted by atomic mass is 10.0. The van der Waals surface area contributed by atoms with Gasteiger partial charge in [-0.3, -0.25) is 4.79 Å². The summed E-state index contributed by atoms with van der Waals surface area (Å²) >= 11 is 11.1. The van der Waals surface area contributed by atoms with Crippen LogP contribution in [0.1, 0.15) is 0 Å². The summed E-state index contributed by atoms with van der Waals surface area (Å²) in [4.78, 5) is 10.4. The maximum absolute atomic E-state index is 11.6. The summed E-state index contributed by atoms with van der Waals surface area (Å²) in [5.74, 6) is 0.787. The van der Waals surface area contributed by atoms with Gasteiger partial charge in [-0.05, 0) is 23.8 Å². The summed E-state index contributed by atoms with van der Waals surface area (Å²) < 4.78 is 10.7. The van der Waals surface area contributed by atoms with Gasteiger partial charge >= 0.3 is 0 Å². The van der Waals surface area contributed by atoms with Crippen LogP contribution in [-0.2, 0) is 4.79 Å². The van der Waals surface area contributed by atoms with E-state index >= 15 is 0 Å². The lowest BCUT2D eigenvalue weighted by Crippen LogP contribution is -2.18. The maximum Gasteiger partial charge on any atom is 0.257 e. The van der Waals surface area contributed by atoms with Crippen LogP contribution in [0.3, 0.4) is 0 Å². The molecule has 0 saturated heterocycles. The Kier molecular flexibility index (Phi) is 5.52. The van der Waals surface area contributed by atoms with Gasteiger partial charge < -0.3 is 14.8 Å². The molecule has 2 aromatic carbocycles. The van der Waals surface area contributed by atoms with E-state index in [1.165, 1.54) is 0 Å². The normalized spacial score (nSPS) is 10.4. The van der Waals surface area contributed by atoms with Crippen molar-refractivity contribution in [2.45, 2.75) is 4.84 Å². The molecule has 22 heavy (non-hydrogen) atoms. The van der Waals surface area contributed by atoms with E-state index < -0.39 is 10.7 Å². The zero-order valence-corrected chi connectivity index (χ0v) is 13.6. The predicted molar refractivity (Wildman–Crippen MR) is 89.1 cm³/mol. The molecule has 0 fully saturated rings. The van der Waals surface area contributed by atoms with Crippen molar-refractivity contribution < 1.29 is 14.3 Å². The minimum atomic E-state index is -1.12. The highest BCUT2D eigenvalue weighted by Crippen LogP contribution is 2.38. The fraction of sp³-hybridized carbons (Fsp3) is 0.188. The molecule has 0 unspecified atom stereocenters. The molecule has 0 heterocycles. The maximum atomic E-state index is 11.6. The van der Waals surface area contributed by atoms with Crippen molar-refractivity contribution in [3.8, 4) is 22.6 Å². The van der Waals surface area contributed by atoms with Crippen LogP contribution in [0.2, 0.25) is 0 Å². The molecule has 0 aliphatic carbocycles. The van der Waals surface area contributed by atoms with E-state index in [4.69, 9.17) is 32.7 Å². The molecule has 0 radical (unpaired) electrons. The van der Waals surface area contributed by atoms with Gasteiger partial charge in [-0.15, -0.1) is 0 Å². The lowest BCUT2D eigenvalue weighted by Gasteiger charge is -2.13. The molecule has 4 nitrogen and oxygen atoms in total. The number of ether oxygens (including phenoxy) is 2. The number of nitrogens with one attached hydrogen (secondary N) is 1. The summed E-state index contributed by atoms with van der Waals surface area (Å²) in [5.41, 5.74) is 2.32. The Hall–Kier alpha value is -1.91. The summed E-state index contributed by atoms with van der Waals surface area (Å²) in [6, 6.07) is 12.9. The zero-order chi connectivity index (χ0) is 16.1. The van der Waals surface area contributed by atoms with Crippen LogP contribution in [0, 0.1) is 0 Å². The number of anilines is 1. The molecule has 2 aromatic rings. The van der Waals surface area contributed by atoms with Gasteiger partial charge in [-0.1, -0.05) is 47.5 Å². The Balaban J connectivity index is 2.40. The quantitative estimate of drug-likeness (QED) is 0.833. The molecule has 0 atom stereocenters. The molecule has 0 aliphatic heterocycles. The number of methoxy groups -OCH3 is 2. The molecule has 0 bridgehead atoms. The van der Waals surface area contributed by atoms with Crippen LogP contribution < -0.4 is 14.8 Å². The number of rotatable bonds is 5. The fourth-order valence-corrected chi connectivity index (χ4v) is 2.18. The van der Waals surface area contributed by atoms with Gasteiger partial charge in [0.05, 0.1) is 14.2 Å². The first-order valence-corrected chi connectivity index (χ1v) is 7.34. The van der Waals surface area contributed by atoms with Crippen LogP contribution >= 0.6 is 23.2 Å². The van der Waals surface area contributed by atoms with Gasteiger partial charge in [-0.2, -0.15) is 0 Å². The second-order valence-corrected chi connectivity index (χ2v) is 5.51. The first-order valence-electron chi connectivity index (χ1n) is 6.47. The second-order valence-electron chi connectivity index (χ2n) is 4.41. The number of para-hydroxylation sites is 1. The van der Waals surface area contributed by atoms with Gasteiger partial charge in [0.15, 0.2) is 16.3 Å². The van der Waals surface area contributed by atoms with E-state index in [1.807, 2.05) is 36.4 Å². The number of amides is 1. The van der Waals surface area contributed by atoms with Crippen LogP contribution in [0.5, 0.6) is 11.5 Å². The molecule has 0 aliphatic rings. The number of carbonyl (C=O) groups is 1. The number of hydrogen-bond donors (Lipinski definition) is 1. The van der Waals surface area contributed by atoms with E-state index in [1.54, 1.807) is 20.3 Å². The smallest absolute Gasteiger partial charge is 0.257 e. The number of halogens is 2. The van der Waals surface area contributed by atoms with E-state index in [-0.39, 0.29) is 0 Å². The molecule has 1 N–H and O–H groups in total. The summed E-state index contributed by atoms with van der Waals surface area (Å²) in [6.07, 6.45) is 0. The van der Waals surface area contributed by atoms with Crippen molar-refractivity contribution in [1.82, 2.24) is 0 Å². The SMILES string of the molecule is COc1cccc(-c2cccc(NC(=O)C(Cl)Cl)c2)c1OC. The topological polar surface area (TPSA) is 47.6 Å². The Labute approximate surface area is 138 Å². The van der Waals surface area contributed by atoms with Crippen LogP contribution in [0.25, 0.3) is 11.1 Å². The van der Waals surface area contributed by atoms with Gasteiger partial charge in [0.1, 0.15) is 0 Å². The molecular formula is C16H15Cl2NO3. The Morgan fingerprint density at radius 2 is 1.82 bits per heavy atom. The van der Waals surface area contributed by atoms with Gasteiger partial charge in [0.2, 0.25) is 0 Å². The molecule has 2 rings (SSSR count). The molecular weight excluding hydrogens is 325 g/mol. The van der Waals surface area contributed by atoms with Crippen molar-refractivity contribution in [3.05, 3.63) is 42.5 Å². The molecule has 0 aromatic heterocycles. The predicted octanol–water partition coefficient (Wildman–Crippen LogP) is 4.11. The minimum absolute atomic E-state index is 0.474. The van der Waals surface area contributed by atoms with Crippen molar-refractivity contribution in [2.75, 3.05) is 19.5 Å². The third-order valence-electron chi connectivity index (χ3n) is 3.04. The Morgan fingerprint density at radius 3 is 2.45 bits per heavy atom. The van der Waals surface area contributed by atoms with Gasteiger partial charge in [0.25, 0.3) is 5.91 Å². The van der Waals surface area contributed by atoms with Crippen molar-refractivity contribution in [2.24, 2.45) is 0 Å². The second kappa shape index (κ2) is 7.38. The summed E-state index contributed by atoms with van der Waals surface area (Å²) in [6.45, 7) is 0. The first-order chi connectivity index (χ1) is 10.6. The van der Waals surface area contributed by atoms with E-state index in [9.17, 15) is 4.79 Å². The summed E-state index contributed by atoms with van der Waals surface area (Å²) in [5, 5.41) is 2.64. The van der Waals surface area contributed by atoms with Crippen molar-refractivity contribution in [1.29, 1.82) is 0 Å². The van der Waals surface area contributed by atoms with E-state index in [0.717, 1.165) is 11.1 Å². The number of benzene rings is 2. The number of carbonyl (C=O) groups excluding carboxylic acids is 1. The fourth-order valence-electron chi connectivity index (χ4n) is 2.08. The monoisotopic (exact) mass is 339 g/mol. The van der Waals surface area contributed by atoms with Crippen LogP contribution in [0.4, 0.5) is 5.69 Å². The van der Waals surface area contributed by atoms with Crippen molar-refractivity contribution >= 4 is 34.8 Å². The minimum Gasteiger partial charge on any atom is -0.493 e. The van der Waals surface area contributed by atoms with E-state index in [2.05, 4.69) is 5.32 Å². The number of hydrogen-bond acceptors (Lipinski definition) is 3.